The van der Waals surface area contributed by atoms with Gasteiger partial charge in [-0.3, -0.25) is 0 Å². The predicted molar refractivity (Wildman–Crippen MR) is 80.3 cm³/mol. The molecule has 0 saturated carbocycles. The van der Waals surface area contributed by atoms with Gasteiger partial charge in [-0.2, -0.15) is 0 Å². The number of thiophene rings is 1. The summed E-state index contributed by atoms with van der Waals surface area (Å²) >= 11 is 1.61. The Bertz CT molecular complexity index is 614. The van der Waals surface area contributed by atoms with Gasteiger partial charge in [0.2, 0.25) is 0 Å². The number of nitrogens with two attached hydrogens (primary N) is 1. The molecule has 1 heterocycles. The summed E-state index contributed by atoms with van der Waals surface area (Å²) < 4.78 is 24.1. The molecule has 6 heteroatoms. The van der Waals surface area contributed by atoms with E-state index in [1.165, 1.54) is 6.07 Å². The number of ether oxygens (including phenoxy) is 2. The van der Waals surface area contributed by atoms with Crippen molar-refractivity contribution in [2.45, 2.75) is 13.3 Å². The summed E-state index contributed by atoms with van der Waals surface area (Å²) in [6.45, 7) is 2.24. The number of carbonyl (C=O) groups excluding carboxylic acids is 1. The lowest BCUT2D eigenvalue weighted by Crippen LogP contribution is -2.10. The van der Waals surface area contributed by atoms with Crippen molar-refractivity contribution in [2.24, 2.45) is 0 Å². The molecule has 0 radical (unpaired) electrons. The van der Waals surface area contributed by atoms with Gasteiger partial charge in [0.25, 0.3) is 0 Å². The van der Waals surface area contributed by atoms with Crippen molar-refractivity contribution in [3.05, 3.63) is 45.9 Å². The van der Waals surface area contributed by atoms with Crippen LogP contribution in [-0.2, 0) is 11.2 Å². The Morgan fingerprint density at radius 2 is 2.24 bits per heavy atom. The Morgan fingerprint density at radius 3 is 2.90 bits per heavy atom. The van der Waals surface area contributed by atoms with E-state index in [-0.39, 0.29) is 23.6 Å². The van der Waals surface area contributed by atoms with Crippen molar-refractivity contribution < 1.29 is 18.7 Å². The third-order valence-electron chi connectivity index (χ3n) is 2.79. The van der Waals surface area contributed by atoms with Crippen molar-refractivity contribution in [3.63, 3.8) is 0 Å². The fourth-order valence-electron chi connectivity index (χ4n) is 1.78. The molecule has 0 amide bonds. The van der Waals surface area contributed by atoms with Crippen LogP contribution in [0.15, 0.2) is 29.6 Å². The average Bonchev–Trinajstić information content (AvgIpc) is 2.94. The Labute approximate surface area is 126 Å². The first-order chi connectivity index (χ1) is 10.1. The third-order valence-corrected chi connectivity index (χ3v) is 3.72. The monoisotopic (exact) mass is 309 g/mol. The molecule has 0 unspecified atom stereocenters. The molecule has 112 valence electrons. The average molecular weight is 309 g/mol. The van der Waals surface area contributed by atoms with E-state index in [1.54, 1.807) is 18.3 Å². The number of benzene rings is 1. The maximum atomic E-state index is 13.8. The lowest BCUT2D eigenvalue weighted by molar-refractivity contribution is 0.0527. The predicted octanol–water partition coefficient (Wildman–Crippen LogP) is 3.27. The standard InChI is InChI=1S/C15H16FNO3S/c1-2-19-15(18)11-8-14(12(16)9-13(11)17)20-6-5-10-4-3-7-21-10/h3-4,7-9H,2,5-6,17H2,1H3. The molecule has 2 aromatic rings. The molecule has 21 heavy (non-hydrogen) atoms. The molecule has 0 atom stereocenters. The maximum absolute atomic E-state index is 13.8. The van der Waals surface area contributed by atoms with Crippen LogP contribution in [0.4, 0.5) is 10.1 Å². The van der Waals surface area contributed by atoms with E-state index in [9.17, 15) is 9.18 Å². The SMILES string of the molecule is CCOC(=O)c1cc(OCCc2cccs2)c(F)cc1N. The second kappa shape index (κ2) is 7.08. The van der Waals surface area contributed by atoms with Crippen molar-refractivity contribution in [1.82, 2.24) is 0 Å². The van der Waals surface area contributed by atoms with Crippen molar-refractivity contribution in [1.29, 1.82) is 0 Å². The molecule has 0 fully saturated rings. The molecule has 0 bridgehead atoms. The van der Waals surface area contributed by atoms with E-state index in [1.807, 2.05) is 17.5 Å². The van der Waals surface area contributed by atoms with Crippen molar-refractivity contribution in [2.75, 3.05) is 18.9 Å². The van der Waals surface area contributed by atoms with Gasteiger partial charge < -0.3 is 15.2 Å². The Hall–Kier alpha value is -2.08. The number of hydrogen-bond acceptors (Lipinski definition) is 5. The van der Waals surface area contributed by atoms with Gasteiger partial charge in [0.05, 0.1) is 18.8 Å². The number of carbonyl (C=O) groups is 1. The van der Waals surface area contributed by atoms with E-state index >= 15 is 0 Å². The summed E-state index contributed by atoms with van der Waals surface area (Å²) in [5.74, 6) is -1.17. The minimum atomic E-state index is -0.591. The molecular weight excluding hydrogens is 293 g/mol. The minimum absolute atomic E-state index is 0.00353. The molecule has 1 aromatic carbocycles. The van der Waals surface area contributed by atoms with E-state index in [0.29, 0.717) is 13.0 Å². The number of anilines is 1. The maximum Gasteiger partial charge on any atom is 0.340 e. The zero-order chi connectivity index (χ0) is 15.2. The van der Waals surface area contributed by atoms with Crippen LogP contribution in [0.25, 0.3) is 0 Å². The van der Waals surface area contributed by atoms with Crippen LogP contribution in [0, 0.1) is 5.82 Å². The molecular formula is C15H16FNO3S. The van der Waals surface area contributed by atoms with Gasteiger partial charge in [-0.15, -0.1) is 11.3 Å². The number of halogens is 1. The summed E-state index contributed by atoms with van der Waals surface area (Å²) in [5, 5.41) is 1.97. The van der Waals surface area contributed by atoms with E-state index < -0.39 is 11.8 Å². The first-order valence-corrected chi connectivity index (χ1v) is 7.41. The molecule has 0 spiro atoms. The van der Waals surface area contributed by atoms with Gasteiger partial charge in [0.15, 0.2) is 11.6 Å². The Kier molecular flexibility index (Phi) is 5.16. The highest BCUT2D eigenvalue weighted by molar-refractivity contribution is 7.09. The topological polar surface area (TPSA) is 61.5 Å². The van der Waals surface area contributed by atoms with E-state index in [4.69, 9.17) is 15.2 Å². The summed E-state index contributed by atoms with van der Waals surface area (Å²) in [4.78, 5) is 12.9. The molecule has 0 aliphatic heterocycles. The highest BCUT2D eigenvalue weighted by atomic mass is 32.1. The molecule has 2 N–H and O–H groups in total. The fourth-order valence-corrected chi connectivity index (χ4v) is 2.47. The van der Waals surface area contributed by atoms with Crippen LogP contribution in [0.5, 0.6) is 5.75 Å². The largest absolute Gasteiger partial charge is 0.490 e. The number of rotatable bonds is 6. The second-order valence-electron chi connectivity index (χ2n) is 4.27. The van der Waals surface area contributed by atoms with Gasteiger partial charge in [-0.05, 0) is 24.4 Å². The smallest absolute Gasteiger partial charge is 0.340 e. The molecule has 0 saturated heterocycles. The van der Waals surface area contributed by atoms with Crippen LogP contribution < -0.4 is 10.5 Å². The molecule has 0 aliphatic carbocycles. The lowest BCUT2D eigenvalue weighted by Gasteiger charge is -2.10. The zero-order valence-electron chi connectivity index (χ0n) is 11.6. The summed E-state index contributed by atoms with van der Waals surface area (Å²) in [5.41, 5.74) is 5.79. The highest BCUT2D eigenvalue weighted by Crippen LogP contribution is 2.25. The quantitative estimate of drug-likeness (QED) is 0.657. The normalized spacial score (nSPS) is 10.4. The third kappa shape index (κ3) is 3.95. The minimum Gasteiger partial charge on any atom is -0.490 e. The Balaban J connectivity index is 2.07. The summed E-state index contributed by atoms with van der Waals surface area (Å²) in [7, 11) is 0. The van der Waals surface area contributed by atoms with Gasteiger partial charge in [0.1, 0.15) is 0 Å². The van der Waals surface area contributed by atoms with Gasteiger partial charge >= 0.3 is 5.97 Å². The first-order valence-electron chi connectivity index (χ1n) is 6.53. The molecule has 4 nitrogen and oxygen atoms in total. The Morgan fingerprint density at radius 1 is 1.43 bits per heavy atom. The number of nitrogen functional groups attached to an aromatic ring is 1. The van der Waals surface area contributed by atoms with Gasteiger partial charge in [-0.1, -0.05) is 6.07 Å². The molecule has 0 aliphatic rings. The van der Waals surface area contributed by atoms with Crippen LogP contribution in [0.3, 0.4) is 0 Å². The van der Waals surface area contributed by atoms with E-state index in [2.05, 4.69) is 0 Å². The van der Waals surface area contributed by atoms with Crippen LogP contribution in [0.1, 0.15) is 22.2 Å². The lowest BCUT2D eigenvalue weighted by atomic mass is 10.1. The van der Waals surface area contributed by atoms with E-state index in [0.717, 1.165) is 10.9 Å². The fraction of sp³-hybridized carbons (Fsp3) is 0.267. The van der Waals surface area contributed by atoms with Crippen LogP contribution in [-0.4, -0.2) is 19.2 Å². The first kappa shape index (κ1) is 15.3. The van der Waals surface area contributed by atoms with Crippen LogP contribution in [0.2, 0.25) is 0 Å². The van der Waals surface area contributed by atoms with Gasteiger partial charge in [-0.25, -0.2) is 9.18 Å². The molecule has 2 rings (SSSR count). The second-order valence-corrected chi connectivity index (χ2v) is 5.30. The van der Waals surface area contributed by atoms with Crippen LogP contribution >= 0.6 is 11.3 Å². The summed E-state index contributed by atoms with van der Waals surface area (Å²) in [6, 6.07) is 6.30. The van der Waals surface area contributed by atoms with Crippen molar-refractivity contribution >= 4 is 23.0 Å². The number of hydrogen-bond donors (Lipinski definition) is 1. The number of esters is 1. The van der Waals surface area contributed by atoms with Crippen molar-refractivity contribution in [3.8, 4) is 5.75 Å². The summed E-state index contributed by atoms with van der Waals surface area (Å²) in [6.07, 6.45) is 0.677. The molecule has 1 aromatic heterocycles. The zero-order valence-corrected chi connectivity index (χ0v) is 12.4. The highest BCUT2D eigenvalue weighted by Gasteiger charge is 2.16. The van der Waals surface area contributed by atoms with Gasteiger partial charge in [0, 0.05) is 23.1 Å².